The standard InChI is InChI=1S/C12H19NO8/c14-6-7(15)10-11(9(18)12(19)20-10)21-13-5-3-1-2-4-8(16)17/h7,10-11,13-15H,1-6H2,(H,16,17)/t7-,10+,11?/m0/s1. The first-order chi connectivity index (χ1) is 9.97. The highest BCUT2D eigenvalue weighted by molar-refractivity contribution is 6.37. The van der Waals surface area contributed by atoms with E-state index in [4.69, 9.17) is 15.1 Å². The Morgan fingerprint density at radius 3 is 2.67 bits per heavy atom. The van der Waals surface area contributed by atoms with E-state index in [2.05, 4.69) is 10.2 Å². The molecule has 120 valence electrons. The lowest BCUT2D eigenvalue weighted by atomic mass is 10.1. The van der Waals surface area contributed by atoms with E-state index >= 15 is 0 Å². The third kappa shape index (κ3) is 5.38. The molecule has 1 aliphatic rings. The van der Waals surface area contributed by atoms with E-state index in [0.29, 0.717) is 25.8 Å². The fourth-order valence-electron chi connectivity index (χ4n) is 1.81. The summed E-state index contributed by atoms with van der Waals surface area (Å²) in [5.74, 6) is -2.89. The van der Waals surface area contributed by atoms with Gasteiger partial charge in [-0.05, 0) is 12.8 Å². The Kier molecular flexibility index (Phi) is 7.23. The predicted molar refractivity (Wildman–Crippen MR) is 67.0 cm³/mol. The van der Waals surface area contributed by atoms with Crippen molar-refractivity contribution in [1.82, 2.24) is 5.48 Å². The Labute approximate surface area is 120 Å². The van der Waals surface area contributed by atoms with Crippen LogP contribution in [0.3, 0.4) is 0 Å². The number of hydroxylamine groups is 1. The highest BCUT2D eigenvalue weighted by Gasteiger charge is 2.48. The van der Waals surface area contributed by atoms with Crippen molar-refractivity contribution in [2.75, 3.05) is 13.2 Å². The van der Waals surface area contributed by atoms with E-state index in [1.807, 2.05) is 0 Å². The van der Waals surface area contributed by atoms with E-state index in [-0.39, 0.29) is 6.42 Å². The first kappa shape index (κ1) is 17.5. The number of rotatable bonds is 10. The molecule has 9 heteroatoms. The highest BCUT2D eigenvalue weighted by atomic mass is 16.7. The number of ether oxygens (including phenoxy) is 1. The fourth-order valence-corrected chi connectivity index (χ4v) is 1.81. The van der Waals surface area contributed by atoms with Gasteiger partial charge in [0.1, 0.15) is 6.10 Å². The van der Waals surface area contributed by atoms with Crippen molar-refractivity contribution in [2.45, 2.75) is 44.0 Å². The number of hydrogen-bond acceptors (Lipinski definition) is 8. The molecule has 0 bridgehead atoms. The number of aliphatic hydroxyl groups is 2. The van der Waals surface area contributed by atoms with Crippen LogP contribution in [0.15, 0.2) is 0 Å². The smallest absolute Gasteiger partial charge is 0.378 e. The lowest BCUT2D eigenvalue weighted by Crippen LogP contribution is -2.43. The zero-order chi connectivity index (χ0) is 15.8. The van der Waals surface area contributed by atoms with Crippen molar-refractivity contribution in [1.29, 1.82) is 0 Å². The molecule has 1 saturated heterocycles. The number of nitrogens with one attached hydrogen (secondary N) is 1. The number of carboxylic acids is 1. The average molecular weight is 305 g/mol. The maximum atomic E-state index is 11.5. The molecule has 1 unspecified atom stereocenters. The average Bonchev–Trinajstić information content (AvgIpc) is 2.73. The van der Waals surface area contributed by atoms with E-state index in [1.54, 1.807) is 0 Å². The summed E-state index contributed by atoms with van der Waals surface area (Å²) in [6.07, 6.45) is -2.03. The zero-order valence-corrected chi connectivity index (χ0v) is 11.4. The molecule has 21 heavy (non-hydrogen) atoms. The van der Waals surface area contributed by atoms with Gasteiger partial charge in [0.2, 0.25) is 0 Å². The van der Waals surface area contributed by atoms with Gasteiger partial charge in [-0.25, -0.2) is 10.3 Å². The number of cyclic esters (lactones) is 1. The van der Waals surface area contributed by atoms with Crippen LogP contribution in [0.5, 0.6) is 0 Å². The Hall–Kier alpha value is -1.55. The molecule has 0 saturated carbocycles. The quantitative estimate of drug-likeness (QED) is 0.162. The first-order valence-corrected chi connectivity index (χ1v) is 6.61. The summed E-state index contributed by atoms with van der Waals surface area (Å²) in [6.45, 7) is -0.320. The lowest BCUT2D eigenvalue weighted by Gasteiger charge is -2.20. The lowest BCUT2D eigenvalue weighted by molar-refractivity contribution is -0.152. The molecular formula is C12H19NO8. The molecule has 1 fully saturated rings. The monoisotopic (exact) mass is 305 g/mol. The Morgan fingerprint density at radius 2 is 2.05 bits per heavy atom. The van der Waals surface area contributed by atoms with Crippen molar-refractivity contribution in [3.8, 4) is 0 Å². The summed E-state index contributed by atoms with van der Waals surface area (Å²) in [7, 11) is 0. The number of aliphatic hydroxyl groups excluding tert-OH is 2. The first-order valence-electron chi connectivity index (χ1n) is 6.61. The summed E-state index contributed by atoms with van der Waals surface area (Å²) < 4.78 is 4.63. The number of carboxylic acid groups (broad SMARTS) is 1. The molecule has 0 spiro atoms. The van der Waals surface area contributed by atoms with Crippen LogP contribution in [0.2, 0.25) is 0 Å². The molecule has 1 heterocycles. The molecule has 0 aliphatic carbocycles. The van der Waals surface area contributed by atoms with Crippen molar-refractivity contribution in [3.05, 3.63) is 0 Å². The van der Waals surface area contributed by atoms with Gasteiger partial charge in [0.05, 0.1) is 6.61 Å². The largest absolute Gasteiger partial charge is 0.481 e. The van der Waals surface area contributed by atoms with Crippen molar-refractivity contribution in [2.24, 2.45) is 0 Å². The topological polar surface area (TPSA) is 142 Å². The van der Waals surface area contributed by atoms with Gasteiger partial charge in [-0.1, -0.05) is 6.42 Å². The molecule has 1 aliphatic heterocycles. The van der Waals surface area contributed by atoms with E-state index in [0.717, 1.165) is 0 Å². The number of Topliss-reactive ketones (excluding diaryl/α,β-unsaturated/α-hetero) is 1. The minimum Gasteiger partial charge on any atom is -0.481 e. The Morgan fingerprint density at radius 1 is 1.33 bits per heavy atom. The number of carbonyl (C=O) groups is 3. The van der Waals surface area contributed by atoms with Crippen LogP contribution >= 0.6 is 0 Å². The minimum atomic E-state index is -1.40. The normalized spacial score (nSPS) is 23.1. The van der Waals surface area contributed by atoms with Crippen molar-refractivity contribution < 1.29 is 39.3 Å². The third-order valence-electron chi connectivity index (χ3n) is 2.95. The Bertz CT molecular complexity index is 385. The van der Waals surface area contributed by atoms with Gasteiger partial charge in [-0.15, -0.1) is 0 Å². The second kappa shape index (κ2) is 8.67. The van der Waals surface area contributed by atoms with Gasteiger partial charge < -0.3 is 20.1 Å². The maximum absolute atomic E-state index is 11.5. The number of unbranched alkanes of at least 4 members (excludes halogenated alkanes) is 2. The molecule has 0 amide bonds. The minimum absolute atomic E-state index is 0.0923. The van der Waals surface area contributed by atoms with Crippen LogP contribution < -0.4 is 5.48 Å². The third-order valence-corrected chi connectivity index (χ3v) is 2.95. The SMILES string of the molecule is O=C(O)CCCCCNOC1C(=O)C(=O)O[C@@H]1[C@@H](O)CO. The van der Waals surface area contributed by atoms with Crippen LogP contribution in [-0.2, 0) is 24.0 Å². The van der Waals surface area contributed by atoms with Gasteiger partial charge in [0.25, 0.3) is 5.78 Å². The fraction of sp³-hybridized carbons (Fsp3) is 0.750. The molecule has 0 aromatic carbocycles. The molecule has 4 N–H and O–H groups in total. The van der Waals surface area contributed by atoms with Gasteiger partial charge in [-0.3, -0.25) is 14.4 Å². The molecule has 0 aromatic heterocycles. The van der Waals surface area contributed by atoms with E-state index in [9.17, 15) is 19.5 Å². The van der Waals surface area contributed by atoms with E-state index in [1.165, 1.54) is 0 Å². The van der Waals surface area contributed by atoms with Gasteiger partial charge >= 0.3 is 11.9 Å². The summed E-state index contributed by atoms with van der Waals surface area (Å²) in [5.41, 5.74) is 2.48. The summed E-state index contributed by atoms with van der Waals surface area (Å²) in [4.78, 5) is 37.9. The number of carbonyl (C=O) groups excluding carboxylic acids is 2. The molecular weight excluding hydrogens is 286 g/mol. The number of ketones is 1. The van der Waals surface area contributed by atoms with Gasteiger partial charge in [0.15, 0.2) is 12.2 Å². The molecule has 0 aromatic rings. The van der Waals surface area contributed by atoms with Gasteiger partial charge in [0, 0.05) is 13.0 Å². The number of esters is 1. The molecule has 1 rings (SSSR count). The highest BCUT2D eigenvalue weighted by Crippen LogP contribution is 2.18. The second-order valence-electron chi connectivity index (χ2n) is 4.62. The van der Waals surface area contributed by atoms with Crippen LogP contribution in [0, 0.1) is 0 Å². The molecule has 9 nitrogen and oxygen atoms in total. The van der Waals surface area contributed by atoms with Crippen LogP contribution in [0.4, 0.5) is 0 Å². The predicted octanol–water partition coefficient (Wildman–Crippen LogP) is -1.63. The van der Waals surface area contributed by atoms with Crippen molar-refractivity contribution >= 4 is 17.7 Å². The summed E-state index contributed by atoms with van der Waals surface area (Å²) in [5, 5.41) is 26.7. The Balaban J connectivity index is 2.27. The van der Waals surface area contributed by atoms with Crippen molar-refractivity contribution in [3.63, 3.8) is 0 Å². The zero-order valence-electron chi connectivity index (χ0n) is 11.4. The van der Waals surface area contributed by atoms with E-state index < -0.39 is 42.6 Å². The summed E-state index contributed by atoms with van der Waals surface area (Å²) >= 11 is 0. The van der Waals surface area contributed by atoms with Crippen LogP contribution in [0.25, 0.3) is 0 Å². The van der Waals surface area contributed by atoms with Crippen LogP contribution in [0.1, 0.15) is 25.7 Å². The molecule has 3 atom stereocenters. The number of aliphatic carboxylic acids is 1. The second-order valence-corrected chi connectivity index (χ2v) is 4.62. The summed E-state index contributed by atoms with van der Waals surface area (Å²) in [6, 6.07) is 0. The molecule has 0 radical (unpaired) electrons. The number of hydrogen-bond donors (Lipinski definition) is 4. The maximum Gasteiger partial charge on any atom is 0.378 e. The van der Waals surface area contributed by atoms with Gasteiger partial charge in [-0.2, -0.15) is 0 Å². The van der Waals surface area contributed by atoms with Crippen LogP contribution in [-0.4, -0.2) is 64.5 Å².